The van der Waals surface area contributed by atoms with Gasteiger partial charge in [-0.3, -0.25) is 9.69 Å². The zero-order valence-electron chi connectivity index (χ0n) is 16.6. The number of aryl methyl sites for hydroxylation is 1. The van der Waals surface area contributed by atoms with Crippen LogP contribution >= 0.6 is 0 Å². The molecule has 29 heavy (non-hydrogen) atoms. The number of nitrogens with zero attached hydrogens (tertiary/aromatic N) is 4. The van der Waals surface area contributed by atoms with Gasteiger partial charge in [0, 0.05) is 37.9 Å². The Hall–Kier alpha value is -2.39. The SMILES string of the molecule is Cc1cc(NC(=O)CN2CCN(c3ccccc3)CC2)n(C2CCS(=O)(=O)C2)n1. The Labute approximate surface area is 171 Å². The number of hydrogen-bond donors (Lipinski definition) is 1. The third kappa shape index (κ3) is 4.79. The number of hydrogen-bond acceptors (Lipinski definition) is 6. The second-order valence-electron chi connectivity index (χ2n) is 7.82. The van der Waals surface area contributed by atoms with Crippen LogP contribution in [0.5, 0.6) is 0 Å². The molecule has 1 atom stereocenters. The van der Waals surface area contributed by atoms with Crippen LogP contribution in [0.3, 0.4) is 0 Å². The number of amides is 1. The topological polar surface area (TPSA) is 87.5 Å². The maximum absolute atomic E-state index is 12.6. The lowest BCUT2D eigenvalue weighted by molar-refractivity contribution is -0.117. The zero-order chi connectivity index (χ0) is 20.4. The Balaban J connectivity index is 1.33. The van der Waals surface area contributed by atoms with Crippen molar-refractivity contribution in [3.63, 3.8) is 0 Å². The largest absolute Gasteiger partial charge is 0.369 e. The van der Waals surface area contributed by atoms with Gasteiger partial charge in [0.2, 0.25) is 5.91 Å². The van der Waals surface area contributed by atoms with Crippen molar-refractivity contribution in [2.24, 2.45) is 0 Å². The molecule has 0 aliphatic carbocycles. The van der Waals surface area contributed by atoms with E-state index in [0.717, 1.165) is 31.9 Å². The summed E-state index contributed by atoms with van der Waals surface area (Å²) < 4.78 is 25.3. The summed E-state index contributed by atoms with van der Waals surface area (Å²) in [6.45, 7) is 5.57. The fraction of sp³-hybridized carbons (Fsp3) is 0.500. The summed E-state index contributed by atoms with van der Waals surface area (Å²) in [5.74, 6) is 0.742. The molecule has 1 N–H and O–H groups in total. The van der Waals surface area contributed by atoms with Crippen LogP contribution in [0.1, 0.15) is 18.2 Å². The molecule has 0 spiro atoms. The minimum atomic E-state index is -3.02. The average molecular weight is 418 g/mol. The summed E-state index contributed by atoms with van der Waals surface area (Å²) in [6.07, 6.45) is 0.535. The second-order valence-corrected chi connectivity index (χ2v) is 10.0. The highest BCUT2D eigenvalue weighted by Crippen LogP contribution is 2.27. The molecule has 0 radical (unpaired) electrons. The Kier molecular flexibility index (Phi) is 5.60. The molecule has 1 aromatic heterocycles. The summed E-state index contributed by atoms with van der Waals surface area (Å²) in [7, 11) is -3.02. The van der Waals surface area contributed by atoms with Gasteiger partial charge in [-0.05, 0) is 25.5 Å². The minimum absolute atomic E-state index is 0.0818. The van der Waals surface area contributed by atoms with E-state index in [0.29, 0.717) is 18.8 Å². The number of piperazine rings is 1. The third-order valence-corrected chi connectivity index (χ3v) is 7.29. The van der Waals surface area contributed by atoms with Crippen LogP contribution in [-0.2, 0) is 14.6 Å². The summed E-state index contributed by atoms with van der Waals surface area (Å²) in [5.41, 5.74) is 1.98. The number of anilines is 2. The summed E-state index contributed by atoms with van der Waals surface area (Å²) in [5, 5.41) is 7.36. The first-order valence-corrected chi connectivity index (χ1v) is 11.8. The molecular weight excluding hydrogens is 390 g/mol. The maximum Gasteiger partial charge on any atom is 0.239 e. The highest BCUT2D eigenvalue weighted by molar-refractivity contribution is 7.91. The van der Waals surface area contributed by atoms with Crippen molar-refractivity contribution in [1.82, 2.24) is 14.7 Å². The van der Waals surface area contributed by atoms with Gasteiger partial charge in [0.05, 0.1) is 29.8 Å². The van der Waals surface area contributed by atoms with E-state index >= 15 is 0 Å². The molecule has 2 fully saturated rings. The van der Waals surface area contributed by atoms with E-state index < -0.39 is 9.84 Å². The number of benzene rings is 1. The molecule has 156 valence electrons. The van der Waals surface area contributed by atoms with Gasteiger partial charge in [0.15, 0.2) is 9.84 Å². The van der Waals surface area contributed by atoms with Crippen molar-refractivity contribution in [2.45, 2.75) is 19.4 Å². The van der Waals surface area contributed by atoms with Crippen LogP contribution in [0.2, 0.25) is 0 Å². The zero-order valence-corrected chi connectivity index (χ0v) is 17.4. The lowest BCUT2D eigenvalue weighted by Gasteiger charge is -2.35. The third-order valence-electron chi connectivity index (χ3n) is 5.54. The van der Waals surface area contributed by atoms with Gasteiger partial charge in [-0.1, -0.05) is 18.2 Å². The molecule has 8 nitrogen and oxygen atoms in total. The predicted octanol–water partition coefficient (Wildman–Crippen LogP) is 1.31. The highest BCUT2D eigenvalue weighted by Gasteiger charge is 2.31. The molecular formula is C20H27N5O3S. The van der Waals surface area contributed by atoms with Crippen LogP contribution in [-0.4, -0.2) is 73.2 Å². The number of para-hydroxylation sites is 1. The van der Waals surface area contributed by atoms with Crippen LogP contribution in [0, 0.1) is 6.92 Å². The first-order chi connectivity index (χ1) is 13.9. The molecule has 1 aromatic carbocycles. The molecule has 0 saturated carbocycles. The second kappa shape index (κ2) is 8.16. The van der Waals surface area contributed by atoms with Gasteiger partial charge in [-0.15, -0.1) is 0 Å². The van der Waals surface area contributed by atoms with Crippen molar-refractivity contribution < 1.29 is 13.2 Å². The predicted molar refractivity (Wildman–Crippen MR) is 113 cm³/mol. The quantitative estimate of drug-likeness (QED) is 0.789. The van der Waals surface area contributed by atoms with Gasteiger partial charge >= 0.3 is 0 Å². The number of carbonyl (C=O) groups excluding carboxylic acids is 1. The van der Waals surface area contributed by atoms with Crippen molar-refractivity contribution in [3.05, 3.63) is 42.1 Å². The van der Waals surface area contributed by atoms with Crippen LogP contribution in [0.25, 0.3) is 0 Å². The molecule has 3 heterocycles. The van der Waals surface area contributed by atoms with E-state index in [1.54, 1.807) is 10.7 Å². The lowest BCUT2D eigenvalue weighted by atomic mass is 10.2. The van der Waals surface area contributed by atoms with Gasteiger partial charge in [0.25, 0.3) is 0 Å². The van der Waals surface area contributed by atoms with Crippen molar-refractivity contribution in [2.75, 3.05) is 54.4 Å². The number of aromatic nitrogens is 2. The lowest BCUT2D eigenvalue weighted by Crippen LogP contribution is -2.48. The monoisotopic (exact) mass is 417 g/mol. The summed E-state index contributed by atoms with van der Waals surface area (Å²) in [6, 6.07) is 11.9. The van der Waals surface area contributed by atoms with Gasteiger partial charge in [-0.25, -0.2) is 13.1 Å². The number of sulfone groups is 1. The van der Waals surface area contributed by atoms with Gasteiger partial charge in [0.1, 0.15) is 5.82 Å². The molecule has 2 aliphatic heterocycles. The maximum atomic E-state index is 12.6. The minimum Gasteiger partial charge on any atom is -0.369 e. The van der Waals surface area contributed by atoms with Crippen molar-refractivity contribution >= 4 is 27.2 Å². The van der Waals surface area contributed by atoms with Gasteiger partial charge in [-0.2, -0.15) is 5.10 Å². The Morgan fingerprint density at radius 2 is 1.90 bits per heavy atom. The van der Waals surface area contributed by atoms with E-state index in [4.69, 9.17) is 0 Å². The highest BCUT2D eigenvalue weighted by atomic mass is 32.2. The van der Waals surface area contributed by atoms with E-state index in [2.05, 4.69) is 32.3 Å². The van der Waals surface area contributed by atoms with Gasteiger partial charge < -0.3 is 10.2 Å². The number of rotatable bonds is 5. The molecule has 1 amide bonds. The fourth-order valence-corrected chi connectivity index (χ4v) is 5.74. The molecule has 2 saturated heterocycles. The van der Waals surface area contributed by atoms with Crippen molar-refractivity contribution in [1.29, 1.82) is 0 Å². The fourth-order valence-electron chi connectivity index (χ4n) is 4.05. The Morgan fingerprint density at radius 3 is 2.55 bits per heavy atom. The van der Waals surface area contributed by atoms with E-state index in [9.17, 15) is 13.2 Å². The normalized spacial score (nSPS) is 22.0. The number of carbonyl (C=O) groups is 1. The van der Waals surface area contributed by atoms with Crippen LogP contribution in [0.4, 0.5) is 11.5 Å². The van der Waals surface area contributed by atoms with Crippen LogP contribution < -0.4 is 10.2 Å². The number of nitrogens with one attached hydrogen (secondary N) is 1. The van der Waals surface area contributed by atoms with E-state index in [1.165, 1.54) is 5.69 Å². The standard InChI is InChI=1S/C20H27N5O3S/c1-16-13-19(25(22-16)18-7-12-29(27,28)15-18)21-20(26)14-23-8-10-24(11-9-23)17-5-3-2-4-6-17/h2-6,13,18H,7-12,14-15H2,1H3,(H,21,26). The molecule has 2 aromatic rings. The van der Waals surface area contributed by atoms with E-state index in [1.807, 2.05) is 25.1 Å². The smallest absolute Gasteiger partial charge is 0.239 e. The van der Waals surface area contributed by atoms with E-state index in [-0.39, 0.29) is 23.5 Å². The first-order valence-electron chi connectivity index (χ1n) is 9.98. The molecule has 9 heteroatoms. The molecule has 1 unspecified atom stereocenters. The Bertz CT molecular complexity index is 965. The average Bonchev–Trinajstić information content (AvgIpc) is 3.24. The first kappa shape index (κ1) is 19.9. The summed E-state index contributed by atoms with van der Waals surface area (Å²) >= 11 is 0. The molecule has 2 aliphatic rings. The molecule has 0 bridgehead atoms. The Morgan fingerprint density at radius 1 is 1.17 bits per heavy atom. The summed E-state index contributed by atoms with van der Waals surface area (Å²) in [4.78, 5) is 17.1. The van der Waals surface area contributed by atoms with Crippen molar-refractivity contribution in [3.8, 4) is 0 Å². The van der Waals surface area contributed by atoms with Crippen LogP contribution in [0.15, 0.2) is 36.4 Å². The molecule has 4 rings (SSSR count).